The maximum Gasteiger partial charge on any atom is 0.309 e. The van der Waals surface area contributed by atoms with Crippen LogP contribution in [0.4, 0.5) is 4.48 Å². The summed E-state index contributed by atoms with van der Waals surface area (Å²) >= 11 is 0. The first-order valence-electron chi connectivity index (χ1n) is 4.31. The minimum Gasteiger partial charge on any atom is -0.466 e. The zero-order valence-electron chi connectivity index (χ0n) is 7.25. The molecule has 0 aromatic carbocycles. The normalized spacial score (nSPS) is 20.8. The molecule has 1 aliphatic rings. The topological polar surface area (TPSA) is 29.5 Å². The summed E-state index contributed by atoms with van der Waals surface area (Å²) in [5.74, 6) is -0.262. The monoisotopic (exact) mass is 175 g/mol. The molecule has 0 unspecified atom stereocenters. The van der Waals surface area contributed by atoms with Crippen LogP contribution in [0.25, 0.3) is 0 Å². The summed E-state index contributed by atoms with van der Waals surface area (Å²) in [7, 11) is 0. The third kappa shape index (κ3) is 2.44. The van der Waals surface area contributed by atoms with E-state index in [1.807, 2.05) is 0 Å². The molecular formula is C8H14FNO2. The van der Waals surface area contributed by atoms with E-state index in [1.165, 1.54) is 0 Å². The molecule has 1 heterocycles. The van der Waals surface area contributed by atoms with Crippen LogP contribution in [-0.4, -0.2) is 30.8 Å². The number of piperidine rings is 1. The number of rotatable bonds is 2. The van der Waals surface area contributed by atoms with Crippen LogP contribution in [0, 0.1) is 5.92 Å². The fourth-order valence-corrected chi connectivity index (χ4v) is 1.34. The second-order valence-corrected chi connectivity index (χ2v) is 2.94. The van der Waals surface area contributed by atoms with Crippen LogP contribution in [0.5, 0.6) is 0 Å². The van der Waals surface area contributed by atoms with E-state index in [1.54, 1.807) is 6.92 Å². The maximum atomic E-state index is 12.5. The Labute approximate surface area is 71.4 Å². The van der Waals surface area contributed by atoms with Crippen LogP contribution in [0.2, 0.25) is 0 Å². The van der Waals surface area contributed by atoms with Crippen molar-refractivity contribution in [2.45, 2.75) is 19.8 Å². The smallest absolute Gasteiger partial charge is 0.309 e. The lowest BCUT2D eigenvalue weighted by atomic mass is 9.98. The molecule has 3 nitrogen and oxygen atoms in total. The third-order valence-electron chi connectivity index (χ3n) is 2.06. The molecule has 1 fully saturated rings. The lowest BCUT2D eigenvalue weighted by molar-refractivity contribution is -0.151. The number of hydrogen-bond acceptors (Lipinski definition) is 3. The first kappa shape index (κ1) is 9.45. The third-order valence-corrected chi connectivity index (χ3v) is 2.06. The lowest BCUT2D eigenvalue weighted by Gasteiger charge is -2.23. The molecule has 1 rings (SSSR count). The van der Waals surface area contributed by atoms with E-state index < -0.39 is 0 Å². The molecule has 0 atom stereocenters. The highest BCUT2D eigenvalue weighted by Gasteiger charge is 2.25. The molecule has 1 saturated heterocycles. The van der Waals surface area contributed by atoms with E-state index in [4.69, 9.17) is 4.74 Å². The summed E-state index contributed by atoms with van der Waals surface area (Å²) in [6, 6.07) is 0. The zero-order valence-corrected chi connectivity index (χ0v) is 7.25. The summed E-state index contributed by atoms with van der Waals surface area (Å²) in [4.78, 5) is 11.1. The molecule has 0 saturated carbocycles. The van der Waals surface area contributed by atoms with E-state index in [0.29, 0.717) is 32.5 Å². The molecule has 0 N–H and O–H groups in total. The number of ether oxygens (including phenoxy) is 1. The molecule has 0 radical (unpaired) electrons. The Morgan fingerprint density at radius 1 is 1.58 bits per heavy atom. The largest absolute Gasteiger partial charge is 0.466 e. The van der Waals surface area contributed by atoms with Gasteiger partial charge in [-0.25, -0.2) is 0 Å². The summed E-state index contributed by atoms with van der Waals surface area (Å²) in [5, 5.41) is 0.746. The molecular weight excluding hydrogens is 161 g/mol. The van der Waals surface area contributed by atoms with Gasteiger partial charge in [-0.3, -0.25) is 4.79 Å². The Morgan fingerprint density at radius 3 is 2.67 bits per heavy atom. The minimum absolute atomic E-state index is 0.0862. The van der Waals surface area contributed by atoms with Crippen molar-refractivity contribution in [1.29, 1.82) is 0 Å². The molecule has 70 valence electrons. The molecule has 0 aromatic heterocycles. The highest BCUT2D eigenvalue weighted by molar-refractivity contribution is 5.72. The number of halogens is 1. The number of carbonyl (C=O) groups excluding carboxylic acids is 1. The second-order valence-electron chi connectivity index (χ2n) is 2.94. The number of esters is 1. The Hall–Kier alpha value is -0.640. The van der Waals surface area contributed by atoms with Crippen molar-refractivity contribution in [2.24, 2.45) is 5.92 Å². The van der Waals surface area contributed by atoms with Gasteiger partial charge >= 0.3 is 5.97 Å². The Morgan fingerprint density at radius 2 is 2.17 bits per heavy atom. The van der Waals surface area contributed by atoms with Gasteiger partial charge in [-0.2, -0.15) is 0 Å². The molecule has 0 aliphatic carbocycles. The van der Waals surface area contributed by atoms with Crippen LogP contribution >= 0.6 is 0 Å². The molecule has 0 spiro atoms. The van der Waals surface area contributed by atoms with Gasteiger partial charge in [0.15, 0.2) is 0 Å². The van der Waals surface area contributed by atoms with Crippen molar-refractivity contribution in [3.63, 3.8) is 0 Å². The van der Waals surface area contributed by atoms with Gasteiger partial charge in [0.1, 0.15) is 0 Å². The fraction of sp³-hybridized carbons (Fsp3) is 0.875. The van der Waals surface area contributed by atoms with E-state index in [2.05, 4.69) is 0 Å². The number of hydrogen-bond donors (Lipinski definition) is 0. The van der Waals surface area contributed by atoms with Crippen molar-refractivity contribution in [3.05, 3.63) is 0 Å². The van der Waals surface area contributed by atoms with Gasteiger partial charge in [0, 0.05) is 13.1 Å². The van der Waals surface area contributed by atoms with Crippen molar-refractivity contribution in [3.8, 4) is 0 Å². The molecule has 12 heavy (non-hydrogen) atoms. The van der Waals surface area contributed by atoms with Crippen molar-refractivity contribution in [2.75, 3.05) is 19.7 Å². The first-order chi connectivity index (χ1) is 5.74. The average Bonchev–Trinajstić information content (AvgIpc) is 2.06. The van der Waals surface area contributed by atoms with Gasteiger partial charge in [0.2, 0.25) is 0 Å². The predicted molar refractivity (Wildman–Crippen MR) is 42.0 cm³/mol. The van der Waals surface area contributed by atoms with Gasteiger partial charge in [0.25, 0.3) is 0 Å². The SMILES string of the molecule is CCOC(=O)C1CCN(F)CC1. The maximum absolute atomic E-state index is 12.5. The van der Waals surface area contributed by atoms with Gasteiger partial charge in [-0.05, 0) is 19.8 Å². The van der Waals surface area contributed by atoms with E-state index in [-0.39, 0.29) is 11.9 Å². The van der Waals surface area contributed by atoms with Gasteiger partial charge in [0.05, 0.1) is 12.5 Å². The van der Waals surface area contributed by atoms with Gasteiger partial charge < -0.3 is 4.74 Å². The molecule has 0 amide bonds. The van der Waals surface area contributed by atoms with Crippen LogP contribution in [0.1, 0.15) is 19.8 Å². The molecule has 4 heteroatoms. The Balaban J connectivity index is 2.29. The van der Waals surface area contributed by atoms with E-state index in [0.717, 1.165) is 5.12 Å². The van der Waals surface area contributed by atoms with Crippen LogP contribution in [-0.2, 0) is 9.53 Å². The van der Waals surface area contributed by atoms with Crippen LogP contribution in [0.15, 0.2) is 0 Å². The standard InChI is InChI=1S/C8H14FNO2/c1-2-12-8(11)7-3-5-10(9)6-4-7/h7H,2-6H2,1H3. The van der Waals surface area contributed by atoms with Crippen LogP contribution in [0.3, 0.4) is 0 Å². The zero-order chi connectivity index (χ0) is 8.97. The molecule has 0 bridgehead atoms. The second kappa shape index (κ2) is 4.40. The van der Waals surface area contributed by atoms with Gasteiger partial charge in [-0.15, -0.1) is 9.60 Å². The first-order valence-corrected chi connectivity index (χ1v) is 4.31. The predicted octanol–water partition coefficient (Wildman–Crippen LogP) is 1.15. The summed E-state index contributed by atoms with van der Waals surface area (Å²) in [6.45, 7) is 2.89. The lowest BCUT2D eigenvalue weighted by Crippen LogP contribution is -2.32. The molecule has 0 aromatic rings. The van der Waals surface area contributed by atoms with Crippen molar-refractivity contribution >= 4 is 5.97 Å². The Bertz CT molecular complexity index is 155. The fourth-order valence-electron chi connectivity index (χ4n) is 1.34. The van der Waals surface area contributed by atoms with E-state index >= 15 is 0 Å². The highest BCUT2D eigenvalue weighted by Crippen LogP contribution is 2.18. The number of nitrogens with zero attached hydrogens (tertiary/aromatic N) is 1. The summed E-state index contributed by atoms with van der Waals surface area (Å²) < 4.78 is 17.3. The average molecular weight is 175 g/mol. The van der Waals surface area contributed by atoms with Gasteiger partial charge in [-0.1, -0.05) is 0 Å². The Kier molecular flexibility index (Phi) is 3.47. The highest BCUT2D eigenvalue weighted by atomic mass is 19.2. The summed E-state index contributed by atoms with van der Waals surface area (Å²) in [5.41, 5.74) is 0. The molecule has 1 aliphatic heterocycles. The minimum atomic E-state index is -0.175. The van der Waals surface area contributed by atoms with Crippen molar-refractivity contribution in [1.82, 2.24) is 5.12 Å². The van der Waals surface area contributed by atoms with Crippen LogP contribution < -0.4 is 0 Å². The summed E-state index contributed by atoms with van der Waals surface area (Å²) in [6.07, 6.45) is 1.16. The number of carbonyl (C=O) groups is 1. The quantitative estimate of drug-likeness (QED) is 0.465. The van der Waals surface area contributed by atoms with Crippen molar-refractivity contribution < 1.29 is 14.0 Å². The van der Waals surface area contributed by atoms with E-state index in [9.17, 15) is 9.28 Å².